The number of halogens is 1. The second kappa shape index (κ2) is 8.36. The molecule has 0 unspecified atom stereocenters. The largest absolute Gasteiger partial charge is 0.496 e. The quantitative estimate of drug-likeness (QED) is 0.506. The van der Waals surface area contributed by atoms with Crippen LogP contribution in [0.2, 0.25) is 5.02 Å². The highest BCUT2D eigenvalue weighted by Crippen LogP contribution is 2.27. The van der Waals surface area contributed by atoms with Crippen molar-refractivity contribution in [2.75, 3.05) is 7.11 Å². The molecule has 0 aliphatic carbocycles. The van der Waals surface area contributed by atoms with Gasteiger partial charge in [-0.1, -0.05) is 23.7 Å². The van der Waals surface area contributed by atoms with Gasteiger partial charge >= 0.3 is 0 Å². The molecule has 29 heavy (non-hydrogen) atoms. The molecule has 0 atom stereocenters. The summed E-state index contributed by atoms with van der Waals surface area (Å²) in [6.45, 7) is 1.75. The van der Waals surface area contributed by atoms with Crippen molar-refractivity contribution in [1.82, 2.24) is 24.9 Å². The molecule has 0 saturated carbocycles. The fourth-order valence-corrected chi connectivity index (χ4v) is 3.34. The highest BCUT2D eigenvalue weighted by molar-refractivity contribution is 6.30. The zero-order valence-electron chi connectivity index (χ0n) is 15.9. The predicted octanol–water partition coefficient (Wildman–Crippen LogP) is 3.53. The molecule has 2 heterocycles. The number of rotatable bonds is 7. The van der Waals surface area contributed by atoms with Crippen LogP contribution in [0.4, 0.5) is 0 Å². The first kappa shape index (κ1) is 19.0. The number of hydrogen-bond acceptors (Lipinski definition) is 4. The Morgan fingerprint density at radius 3 is 2.79 bits per heavy atom. The first-order valence-electron chi connectivity index (χ1n) is 9.17. The van der Waals surface area contributed by atoms with Crippen LogP contribution in [0.15, 0.2) is 61.1 Å². The number of aromatic nitrogens is 4. The Balaban J connectivity index is 1.52. The third-order valence-corrected chi connectivity index (χ3v) is 4.81. The van der Waals surface area contributed by atoms with E-state index in [1.807, 2.05) is 46.0 Å². The van der Waals surface area contributed by atoms with Crippen molar-refractivity contribution in [3.05, 3.63) is 77.2 Å². The van der Waals surface area contributed by atoms with E-state index in [2.05, 4.69) is 15.5 Å². The fourth-order valence-electron chi connectivity index (χ4n) is 3.12. The van der Waals surface area contributed by atoms with Gasteiger partial charge in [-0.3, -0.25) is 14.2 Å². The van der Waals surface area contributed by atoms with Crippen molar-refractivity contribution in [3.8, 4) is 5.75 Å². The molecule has 1 N–H and O–H groups in total. The molecule has 0 bridgehead atoms. The molecule has 2 aromatic carbocycles. The van der Waals surface area contributed by atoms with E-state index in [0.29, 0.717) is 41.5 Å². The molecule has 2 aromatic heterocycles. The molecule has 0 saturated heterocycles. The van der Waals surface area contributed by atoms with E-state index >= 15 is 0 Å². The fraction of sp³-hybridized carbons (Fsp3) is 0.190. The maximum Gasteiger partial charge on any atom is 0.251 e. The summed E-state index contributed by atoms with van der Waals surface area (Å²) in [5.41, 5.74) is 2.13. The molecule has 0 radical (unpaired) electrons. The number of hydrogen-bond donors (Lipinski definition) is 1. The molecule has 0 fully saturated rings. The highest BCUT2D eigenvalue weighted by Gasteiger charge is 2.14. The minimum Gasteiger partial charge on any atom is -0.496 e. The van der Waals surface area contributed by atoms with Gasteiger partial charge in [-0.2, -0.15) is 10.2 Å². The monoisotopic (exact) mass is 409 g/mol. The van der Waals surface area contributed by atoms with Crippen molar-refractivity contribution in [1.29, 1.82) is 0 Å². The van der Waals surface area contributed by atoms with Crippen LogP contribution in [-0.4, -0.2) is 32.6 Å². The van der Waals surface area contributed by atoms with Gasteiger partial charge < -0.3 is 10.1 Å². The third kappa shape index (κ3) is 4.41. The number of fused-ring (bicyclic) bond motifs is 1. The number of methoxy groups -OCH3 is 1. The second-order valence-electron chi connectivity index (χ2n) is 6.59. The number of amides is 1. The van der Waals surface area contributed by atoms with Crippen LogP contribution >= 0.6 is 11.6 Å². The van der Waals surface area contributed by atoms with Gasteiger partial charge in [-0.05, 0) is 35.9 Å². The topological polar surface area (TPSA) is 74.0 Å². The lowest BCUT2D eigenvalue weighted by Gasteiger charge is -2.08. The summed E-state index contributed by atoms with van der Waals surface area (Å²) in [6.07, 6.45) is 5.58. The number of carbonyl (C=O) groups is 1. The van der Waals surface area contributed by atoms with Gasteiger partial charge in [-0.15, -0.1) is 0 Å². The molecule has 0 spiro atoms. The molecule has 4 aromatic rings. The predicted molar refractivity (Wildman–Crippen MR) is 111 cm³/mol. The molecule has 7 nitrogen and oxygen atoms in total. The van der Waals surface area contributed by atoms with Crippen LogP contribution in [-0.2, 0) is 19.6 Å². The Morgan fingerprint density at radius 2 is 2.03 bits per heavy atom. The van der Waals surface area contributed by atoms with Crippen LogP contribution < -0.4 is 10.1 Å². The average molecular weight is 410 g/mol. The van der Waals surface area contributed by atoms with E-state index < -0.39 is 0 Å². The van der Waals surface area contributed by atoms with Crippen molar-refractivity contribution in [3.63, 3.8) is 0 Å². The number of aryl methyl sites for hydroxylation is 2. The Kier molecular flexibility index (Phi) is 5.48. The molecular weight excluding hydrogens is 390 g/mol. The lowest BCUT2D eigenvalue weighted by atomic mass is 10.1. The van der Waals surface area contributed by atoms with Gasteiger partial charge in [0.1, 0.15) is 5.75 Å². The van der Waals surface area contributed by atoms with Crippen LogP contribution in [0.3, 0.4) is 0 Å². The van der Waals surface area contributed by atoms with Crippen molar-refractivity contribution in [2.24, 2.45) is 0 Å². The summed E-state index contributed by atoms with van der Waals surface area (Å²) in [6, 6.07) is 12.8. The lowest BCUT2D eigenvalue weighted by molar-refractivity contribution is 0.0950. The van der Waals surface area contributed by atoms with E-state index in [1.165, 1.54) is 0 Å². The smallest absolute Gasteiger partial charge is 0.251 e. The lowest BCUT2D eigenvalue weighted by Crippen LogP contribution is -2.22. The van der Waals surface area contributed by atoms with E-state index in [9.17, 15) is 4.79 Å². The summed E-state index contributed by atoms with van der Waals surface area (Å²) in [4.78, 5) is 12.7. The number of nitrogens with zero attached hydrogens (tertiary/aromatic N) is 4. The Morgan fingerprint density at radius 1 is 1.17 bits per heavy atom. The van der Waals surface area contributed by atoms with Gasteiger partial charge in [0.15, 0.2) is 0 Å². The first-order valence-corrected chi connectivity index (χ1v) is 9.55. The van der Waals surface area contributed by atoms with Crippen molar-refractivity contribution in [2.45, 2.75) is 19.6 Å². The SMILES string of the molecule is COc1cc(C(=O)NCc2cccc(Cl)c2)cc2nn(CCn3cccn3)cc12. The summed E-state index contributed by atoms with van der Waals surface area (Å²) < 4.78 is 9.17. The van der Waals surface area contributed by atoms with Crippen molar-refractivity contribution >= 4 is 28.4 Å². The molecule has 148 valence electrons. The highest BCUT2D eigenvalue weighted by atomic mass is 35.5. The Labute approximate surface area is 172 Å². The van der Waals surface area contributed by atoms with Crippen LogP contribution in [0.1, 0.15) is 15.9 Å². The van der Waals surface area contributed by atoms with Crippen LogP contribution in [0.25, 0.3) is 10.9 Å². The maximum absolute atomic E-state index is 12.7. The summed E-state index contributed by atoms with van der Waals surface area (Å²) in [7, 11) is 1.59. The van der Waals surface area contributed by atoms with E-state index in [4.69, 9.17) is 16.3 Å². The minimum atomic E-state index is -0.198. The zero-order valence-corrected chi connectivity index (χ0v) is 16.6. The molecule has 0 aliphatic heterocycles. The van der Waals surface area contributed by atoms with E-state index in [1.54, 1.807) is 31.5 Å². The molecule has 8 heteroatoms. The van der Waals surface area contributed by atoms with Crippen LogP contribution in [0.5, 0.6) is 5.75 Å². The summed E-state index contributed by atoms with van der Waals surface area (Å²) >= 11 is 6.00. The number of benzene rings is 2. The first-order chi connectivity index (χ1) is 14.1. The average Bonchev–Trinajstić information content (AvgIpc) is 3.39. The van der Waals surface area contributed by atoms with Gasteiger partial charge in [0.05, 0.1) is 31.1 Å². The number of ether oxygens (including phenoxy) is 1. The molecule has 0 aliphatic rings. The van der Waals surface area contributed by atoms with Gasteiger partial charge in [-0.25, -0.2) is 0 Å². The minimum absolute atomic E-state index is 0.198. The van der Waals surface area contributed by atoms with Gasteiger partial charge in [0.2, 0.25) is 0 Å². The van der Waals surface area contributed by atoms with E-state index in [0.717, 1.165) is 10.9 Å². The summed E-state index contributed by atoms with van der Waals surface area (Å²) in [5, 5.41) is 13.2. The van der Waals surface area contributed by atoms with E-state index in [-0.39, 0.29) is 5.91 Å². The standard InChI is InChI=1S/C21H20ClN5O2/c1-29-20-12-16(21(28)23-13-15-4-2-5-17(22)10-15)11-19-18(20)14-27(25-19)9-8-26-7-3-6-24-26/h2-7,10-12,14H,8-9,13H2,1H3,(H,23,28). The molecular formula is C21H20ClN5O2. The number of nitrogens with one attached hydrogen (secondary N) is 1. The second-order valence-corrected chi connectivity index (χ2v) is 7.02. The maximum atomic E-state index is 12.7. The molecule has 4 rings (SSSR count). The number of carbonyl (C=O) groups excluding carboxylic acids is 1. The third-order valence-electron chi connectivity index (χ3n) is 4.58. The normalized spacial score (nSPS) is 11.0. The van der Waals surface area contributed by atoms with Crippen molar-refractivity contribution < 1.29 is 9.53 Å². The summed E-state index contributed by atoms with van der Waals surface area (Å²) in [5.74, 6) is 0.414. The van der Waals surface area contributed by atoms with Gasteiger partial charge in [0, 0.05) is 35.7 Å². The van der Waals surface area contributed by atoms with Crippen LogP contribution in [0, 0.1) is 0 Å². The molecule has 1 amide bonds. The van der Waals surface area contributed by atoms with Gasteiger partial charge in [0.25, 0.3) is 5.91 Å². The Bertz CT molecular complexity index is 1140. The zero-order chi connectivity index (χ0) is 20.2. The Hall–Kier alpha value is -3.32.